The van der Waals surface area contributed by atoms with Crippen molar-refractivity contribution in [3.8, 4) is 5.75 Å². The van der Waals surface area contributed by atoms with Crippen LogP contribution in [0.1, 0.15) is 21.7 Å². The fourth-order valence-corrected chi connectivity index (χ4v) is 3.19. The number of benzene rings is 3. The Labute approximate surface area is 167 Å². The second kappa shape index (κ2) is 7.79. The number of ether oxygens (including phenoxy) is 1. The third-order valence-corrected chi connectivity index (χ3v) is 4.96. The first-order valence-corrected chi connectivity index (χ1v) is 9.26. The van der Waals surface area contributed by atoms with Gasteiger partial charge < -0.3 is 14.5 Å². The van der Waals surface area contributed by atoms with Crippen molar-refractivity contribution >= 4 is 34.2 Å². The fourth-order valence-electron chi connectivity index (χ4n) is 3.02. The summed E-state index contributed by atoms with van der Waals surface area (Å²) in [4.78, 5) is 13.0. The molecule has 0 saturated carbocycles. The highest BCUT2D eigenvalue weighted by atomic mass is 35.5. The third-order valence-electron chi connectivity index (χ3n) is 4.55. The molecule has 0 aliphatic carbocycles. The largest absolute Gasteiger partial charge is 0.489 e. The number of rotatable bonds is 5. The lowest BCUT2D eigenvalue weighted by Gasteiger charge is -2.10. The summed E-state index contributed by atoms with van der Waals surface area (Å²) in [5, 5.41) is 4.34. The highest BCUT2D eigenvalue weighted by Gasteiger charge is 2.21. The van der Waals surface area contributed by atoms with Crippen LogP contribution in [0.25, 0.3) is 11.0 Å². The quantitative estimate of drug-likeness (QED) is 0.439. The molecular formula is C23H18ClNO3. The molecule has 0 atom stereocenters. The van der Waals surface area contributed by atoms with E-state index in [1.165, 1.54) is 0 Å². The zero-order valence-corrected chi connectivity index (χ0v) is 16.0. The number of furan rings is 1. The number of halogens is 1. The standard InChI is InChI=1S/C23H18ClNO3/c1-15-19(24)11-7-12-20(15)25-23(26)22-18(14-27-16-8-3-2-4-9-16)17-10-5-6-13-21(17)28-22/h2-13H,14H2,1H3,(H,25,26). The molecule has 140 valence electrons. The van der Waals surface area contributed by atoms with Crippen LogP contribution in [0.15, 0.2) is 77.2 Å². The molecule has 3 aromatic carbocycles. The number of fused-ring (bicyclic) bond motifs is 1. The Bertz CT molecular complexity index is 1140. The third kappa shape index (κ3) is 3.59. The summed E-state index contributed by atoms with van der Waals surface area (Å²) in [7, 11) is 0. The van der Waals surface area contributed by atoms with E-state index >= 15 is 0 Å². The number of hydrogen-bond donors (Lipinski definition) is 1. The molecule has 0 unspecified atom stereocenters. The molecule has 0 spiro atoms. The van der Waals surface area contributed by atoms with Crippen LogP contribution in [-0.4, -0.2) is 5.91 Å². The number of carbonyl (C=O) groups excluding carboxylic acids is 1. The molecule has 4 nitrogen and oxygen atoms in total. The van der Waals surface area contributed by atoms with Crippen LogP contribution in [-0.2, 0) is 6.61 Å². The maximum absolute atomic E-state index is 13.0. The average Bonchev–Trinajstić information content (AvgIpc) is 3.09. The topological polar surface area (TPSA) is 51.5 Å². The number of para-hydroxylation sites is 2. The van der Waals surface area contributed by atoms with Gasteiger partial charge in [-0.25, -0.2) is 0 Å². The molecule has 0 aliphatic rings. The molecular weight excluding hydrogens is 374 g/mol. The van der Waals surface area contributed by atoms with Gasteiger partial charge in [0.25, 0.3) is 5.91 Å². The van der Waals surface area contributed by atoms with E-state index in [-0.39, 0.29) is 18.3 Å². The molecule has 1 amide bonds. The van der Waals surface area contributed by atoms with E-state index in [0.717, 1.165) is 16.7 Å². The molecule has 28 heavy (non-hydrogen) atoms. The summed E-state index contributed by atoms with van der Waals surface area (Å²) in [6.45, 7) is 2.08. The fraction of sp³-hybridized carbons (Fsp3) is 0.0870. The van der Waals surface area contributed by atoms with Crippen molar-refractivity contribution in [1.29, 1.82) is 0 Å². The first kappa shape index (κ1) is 18.1. The van der Waals surface area contributed by atoms with Gasteiger partial charge in [-0.1, -0.05) is 54.1 Å². The van der Waals surface area contributed by atoms with Gasteiger partial charge in [-0.2, -0.15) is 0 Å². The number of carbonyl (C=O) groups is 1. The zero-order valence-electron chi connectivity index (χ0n) is 15.2. The molecule has 1 aromatic heterocycles. The van der Waals surface area contributed by atoms with Gasteiger partial charge in [0.2, 0.25) is 0 Å². The average molecular weight is 392 g/mol. The Morgan fingerprint density at radius 2 is 1.75 bits per heavy atom. The van der Waals surface area contributed by atoms with Crippen molar-refractivity contribution in [2.45, 2.75) is 13.5 Å². The lowest BCUT2D eigenvalue weighted by atomic mass is 10.1. The molecule has 0 saturated heterocycles. The first-order chi connectivity index (χ1) is 13.6. The normalized spacial score (nSPS) is 10.8. The van der Waals surface area contributed by atoms with Crippen LogP contribution >= 0.6 is 11.6 Å². The molecule has 0 radical (unpaired) electrons. The lowest BCUT2D eigenvalue weighted by Crippen LogP contribution is -2.14. The lowest BCUT2D eigenvalue weighted by molar-refractivity contribution is 0.0995. The van der Waals surface area contributed by atoms with Crippen LogP contribution in [0.5, 0.6) is 5.75 Å². The summed E-state index contributed by atoms with van der Waals surface area (Å²) in [6, 6.07) is 22.4. The Hall–Kier alpha value is -3.24. The van der Waals surface area contributed by atoms with Gasteiger partial charge in [0.15, 0.2) is 5.76 Å². The minimum absolute atomic E-state index is 0.221. The molecule has 0 bridgehead atoms. The van der Waals surface area contributed by atoms with E-state index in [9.17, 15) is 4.79 Å². The van der Waals surface area contributed by atoms with E-state index in [1.807, 2.05) is 67.6 Å². The van der Waals surface area contributed by atoms with Gasteiger partial charge in [0.05, 0.1) is 0 Å². The SMILES string of the molecule is Cc1c(Cl)cccc1NC(=O)c1oc2ccccc2c1COc1ccccc1. The van der Waals surface area contributed by atoms with E-state index < -0.39 is 0 Å². The minimum Gasteiger partial charge on any atom is -0.489 e. The van der Waals surface area contributed by atoms with Gasteiger partial charge in [0, 0.05) is 21.7 Å². The molecule has 4 rings (SSSR count). The Kier molecular flexibility index (Phi) is 5.04. The van der Waals surface area contributed by atoms with Gasteiger partial charge >= 0.3 is 0 Å². The van der Waals surface area contributed by atoms with Crippen LogP contribution in [0, 0.1) is 6.92 Å². The van der Waals surface area contributed by atoms with Gasteiger partial charge in [-0.15, -0.1) is 0 Å². The van der Waals surface area contributed by atoms with Crippen molar-refractivity contribution < 1.29 is 13.9 Å². The van der Waals surface area contributed by atoms with E-state index in [2.05, 4.69) is 5.32 Å². The van der Waals surface area contributed by atoms with Gasteiger partial charge in [-0.3, -0.25) is 4.79 Å². The summed E-state index contributed by atoms with van der Waals surface area (Å²) >= 11 is 6.16. The maximum atomic E-state index is 13.0. The minimum atomic E-state index is -0.340. The van der Waals surface area contributed by atoms with E-state index in [4.69, 9.17) is 20.8 Å². The van der Waals surface area contributed by atoms with Crippen molar-refractivity contribution in [3.05, 3.63) is 94.7 Å². The predicted molar refractivity (Wildman–Crippen MR) is 111 cm³/mol. The molecule has 1 N–H and O–H groups in total. The van der Waals surface area contributed by atoms with Crippen LogP contribution in [0.2, 0.25) is 5.02 Å². The van der Waals surface area contributed by atoms with E-state index in [1.54, 1.807) is 12.1 Å². The van der Waals surface area contributed by atoms with Crippen molar-refractivity contribution in [2.75, 3.05) is 5.32 Å². The molecule has 5 heteroatoms. The van der Waals surface area contributed by atoms with Crippen molar-refractivity contribution in [2.24, 2.45) is 0 Å². The summed E-state index contributed by atoms with van der Waals surface area (Å²) < 4.78 is 11.7. The van der Waals surface area contributed by atoms with Crippen molar-refractivity contribution in [3.63, 3.8) is 0 Å². The number of hydrogen-bond acceptors (Lipinski definition) is 3. The summed E-state index contributed by atoms with van der Waals surface area (Å²) in [5.74, 6) is 0.620. The second-order valence-corrected chi connectivity index (χ2v) is 6.78. The van der Waals surface area contributed by atoms with Crippen molar-refractivity contribution in [1.82, 2.24) is 0 Å². The molecule has 1 heterocycles. The summed E-state index contributed by atoms with van der Waals surface area (Å²) in [5.41, 5.74) is 2.79. The highest BCUT2D eigenvalue weighted by molar-refractivity contribution is 6.31. The zero-order chi connectivity index (χ0) is 19.5. The smallest absolute Gasteiger partial charge is 0.291 e. The van der Waals surface area contributed by atoms with E-state index in [0.29, 0.717) is 21.9 Å². The Balaban J connectivity index is 1.67. The Morgan fingerprint density at radius 1 is 1.00 bits per heavy atom. The molecule has 0 aliphatic heterocycles. The van der Waals surface area contributed by atoms with Crippen LogP contribution in [0.4, 0.5) is 5.69 Å². The molecule has 0 fully saturated rings. The highest BCUT2D eigenvalue weighted by Crippen LogP contribution is 2.29. The van der Waals surface area contributed by atoms with Crippen LogP contribution in [0.3, 0.4) is 0 Å². The predicted octanol–water partition coefficient (Wildman–Crippen LogP) is 6.23. The second-order valence-electron chi connectivity index (χ2n) is 6.37. The number of nitrogens with one attached hydrogen (secondary N) is 1. The first-order valence-electron chi connectivity index (χ1n) is 8.88. The maximum Gasteiger partial charge on any atom is 0.291 e. The van der Waals surface area contributed by atoms with Gasteiger partial charge in [0.1, 0.15) is 17.9 Å². The number of anilines is 1. The molecule has 4 aromatic rings. The van der Waals surface area contributed by atoms with Crippen LogP contribution < -0.4 is 10.1 Å². The monoisotopic (exact) mass is 391 g/mol. The van der Waals surface area contributed by atoms with Gasteiger partial charge in [-0.05, 0) is 42.8 Å². The number of amides is 1. The summed E-state index contributed by atoms with van der Waals surface area (Å²) in [6.07, 6.45) is 0. The Morgan fingerprint density at radius 3 is 2.57 bits per heavy atom.